The van der Waals surface area contributed by atoms with E-state index in [-0.39, 0.29) is 18.0 Å². The van der Waals surface area contributed by atoms with Crippen LogP contribution in [-0.2, 0) is 4.79 Å². The molecule has 2 atom stereocenters. The average molecular weight is 403 g/mol. The Bertz CT molecular complexity index is 732. The number of nitrogens with one attached hydrogen (secondary N) is 2. The van der Waals surface area contributed by atoms with Gasteiger partial charge in [-0.05, 0) is 59.0 Å². The van der Waals surface area contributed by atoms with E-state index >= 15 is 0 Å². The number of carbonyl (C=O) groups excluding carboxylic acids is 1. The Morgan fingerprint density at radius 3 is 2.48 bits per heavy atom. The fourth-order valence-electron chi connectivity index (χ4n) is 2.78. The van der Waals surface area contributed by atoms with Crippen LogP contribution in [0.25, 0.3) is 0 Å². The first-order valence-corrected chi connectivity index (χ1v) is 9.32. The van der Waals surface area contributed by atoms with Gasteiger partial charge in [-0.15, -0.1) is 0 Å². The molecule has 25 heavy (non-hydrogen) atoms. The van der Waals surface area contributed by atoms with Gasteiger partial charge in [0.25, 0.3) is 0 Å². The molecule has 2 aromatic carbocycles. The van der Waals surface area contributed by atoms with Gasteiger partial charge < -0.3 is 10.1 Å². The van der Waals surface area contributed by atoms with Crippen molar-refractivity contribution in [3.05, 3.63) is 64.1 Å². The topological polar surface area (TPSA) is 50.4 Å². The highest BCUT2D eigenvalue weighted by Gasteiger charge is 2.29. The SMILES string of the molecule is COc1ccc([C@H](C)N[C@@H](C(=O)NC2CC2)c2ccccc2)cc1Br. The summed E-state index contributed by atoms with van der Waals surface area (Å²) in [6, 6.07) is 15.8. The summed E-state index contributed by atoms with van der Waals surface area (Å²) in [6.07, 6.45) is 2.16. The third-order valence-electron chi connectivity index (χ3n) is 4.41. The molecule has 0 radical (unpaired) electrons. The zero-order chi connectivity index (χ0) is 17.8. The Morgan fingerprint density at radius 1 is 1.16 bits per heavy atom. The Balaban J connectivity index is 1.78. The molecule has 0 bridgehead atoms. The Morgan fingerprint density at radius 2 is 1.88 bits per heavy atom. The molecule has 2 N–H and O–H groups in total. The molecule has 1 amide bonds. The molecule has 0 spiro atoms. The van der Waals surface area contributed by atoms with Crippen molar-refractivity contribution in [3.8, 4) is 5.75 Å². The molecule has 0 aromatic heterocycles. The van der Waals surface area contributed by atoms with E-state index in [1.165, 1.54) is 0 Å². The second-order valence-corrected chi connectivity index (χ2v) is 7.26. The first-order valence-electron chi connectivity index (χ1n) is 8.53. The molecule has 5 heteroatoms. The maximum atomic E-state index is 12.7. The fourth-order valence-corrected chi connectivity index (χ4v) is 3.34. The lowest BCUT2D eigenvalue weighted by Crippen LogP contribution is -2.39. The van der Waals surface area contributed by atoms with E-state index in [1.807, 2.05) is 48.5 Å². The molecule has 132 valence electrons. The van der Waals surface area contributed by atoms with E-state index in [1.54, 1.807) is 7.11 Å². The first-order chi connectivity index (χ1) is 12.1. The lowest BCUT2D eigenvalue weighted by molar-refractivity contribution is -0.123. The van der Waals surface area contributed by atoms with Gasteiger partial charge in [0, 0.05) is 12.1 Å². The summed E-state index contributed by atoms with van der Waals surface area (Å²) in [6.45, 7) is 2.06. The van der Waals surface area contributed by atoms with Crippen molar-refractivity contribution in [2.24, 2.45) is 0 Å². The smallest absolute Gasteiger partial charge is 0.241 e. The normalized spacial score (nSPS) is 16.1. The van der Waals surface area contributed by atoms with Gasteiger partial charge >= 0.3 is 0 Å². The molecule has 1 aliphatic rings. The van der Waals surface area contributed by atoms with Crippen molar-refractivity contribution in [2.75, 3.05) is 7.11 Å². The summed E-state index contributed by atoms with van der Waals surface area (Å²) in [4.78, 5) is 12.7. The quantitative estimate of drug-likeness (QED) is 0.731. The molecule has 4 nitrogen and oxygen atoms in total. The lowest BCUT2D eigenvalue weighted by Gasteiger charge is -2.24. The number of methoxy groups -OCH3 is 1. The van der Waals surface area contributed by atoms with E-state index in [9.17, 15) is 4.79 Å². The van der Waals surface area contributed by atoms with Crippen LogP contribution < -0.4 is 15.4 Å². The van der Waals surface area contributed by atoms with E-state index in [4.69, 9.17) is 4.74 Å². The minimum absolute atomic E-state index is 0.0114. The van der Waals surface area contributed by atoms with Crippen LogP contribution in [0.2, 0.25) is 0 Å². The minimum Gasteiger partial charge on any atom is -0.496 e. The van der Waals surface area contributed by atoms with E-state index in [0.717, 1.165) is 34.2 Å². The maximum absolute atomic E-state index is 12.7. The number of benzene rings is 2. The molecule has 3 rings (SSSR count). The summed E-state index contributed by atoms with van der Waals surface area (Å²) >= 11 is 3.52. The van der Waals surface area contributed by atoms with Crippen LogP contribution in [-0.4, -0.2) is 19.1 Å². The molecule has 1 fully saturated rings. The van der Waals surface area contributed by atoms with Gasteiger partial charge in [-0.1, -0.05) is 36.4 Å². The predicted molar refractivity (Wildman–Crippen MR) is 103 cm³/mol. The van der Waals surface area contributed by atoms with Crippen LogP contribution in [0, 0.1) is 0 Å². The third-order valence-corrected chi connectivity index (χ3v) is 5.03. The van der Waals surface area contributed by atoms with Gasteiger partial charge in [-0.2, -0.15) is 0 Å². The predicted octanol–water partition coefficient (Wildman–Crippen LogP) is 4.13. The van der Waals surface area contributed by atoms with E-state index in [2.05, 4.69) is 33.5 Å². The van der Waals surface area contributed by atoms with Crippen LogP contribution in [0.5, 0.6) is 5.75 Å². The third kappa shape index (κ3) is 4.61. The molecule has 0 saturated heterocycles. The van der Waals surface area contributed by atoms with Crippen LogP contribution >= 0.6 is 15.9 Å². The van der Waals surface area contributed by atoms with Crippen LogP contribution in [0.15, 0.2) is 53.0 Å². The molecule has 0 unspecified atom stereocenters. The van der Waals surface area contributed by atoms with Gasteiger partial charge in [0.15, 0.2) is 0 Å². The summed E-state index contributed by atoms with van der Waals surface area (Å²) in [7, 11) is 1.65. The van der Waals surface area contributed by atoms with Gasteiger partial charge in [0.05, 0.1) is 11.6 Å². The van der Waals surface area contributed by atoms with Gasteiger partial charge in [0.2, 0.25) is 5.91 Å². The Kier molecular flexibility index (Phi) is 5.76. The molecule has 2 aromatic rings. The average Bonchev–Trinajstić information content (AvgIpc) is 3.44. The van der Waals surface area contributed by atoms with Gasteiger partial charge in [-0.25, -0.2) is 0 Å². The highest BCUT2D eigenvalue weighted by atomic mass is 79.9. The first kappa shape index (κ1) is 18.0. The molecule has 0 heterocycles. The number of ether oxygens (including phenoxy) is 1. The number of rotatable bonds is 7. The summed E-state index contributed by atoms with van der Waals surface area (Å²) in [5.41, 5.74) is 2.06. The summed E-state index contributed by atoms with van der Waals surface area (Å²) < 4.78 is 6.19. The monoisotopic (exact) mass is 402 g/mol. The van der Waals surface area contributed by atoms with Crippen molar-refractivity contribution in [3.63, 3.8) is 0 Å². The second kappa shape index (κ2) is 8.02. The number of amides is 1. The number of hydrogen-bond donors (Lipinski definition) is 2. The molecule has 1 saturated carbocycles. The van der Waals surface area contributed by atoms with Crippen molar-refractivity contribution in [1.82, 2.24) is 10.6 Å². The molecule has 1 aliphatic carbocycles. The largest absolute Gasteiger partial charge is 0.496 e. The highest BCUT2D eigenvalue weighted by molar-refractivity contribution is 9.10. The highest BCUT2D eigenvalue weighted by Crippen LogP contribution is 2.29. The number of carbonyl (C=O) groups is 1. The van der Waals surface area contributed by atoms with Crippen LogP contribution in [0.4, 0.5) is 0 Å². The van der Waals surface area contributed by atoms with E-state index < -0.39 is 0 Å². The van der Waals surface area contributed by atoms with Crippen LogP contribution in [0.1, 0.15) is 43.0 Å². The zero-order valence-electron chi connectivity index (χ0n) is 14.5. The zero-order valence-corrected chi connectivity index (χ0v) is 16.0. The molecule has 0 aliphatic heterocycles. The van der Waals surface area contributed by atoms with Crippen molar-refractivity contribution < 1.29 is 9.53 Å². The number of hydrogen-bond acceptors (Lipinski definition) is 3. The second-order valence-electron chi connectivity index (χ2n) is 6.41. The Hall–Kier alpha value is -1.85. The van der Waals surface area contributed by atoms with Crippen LogP contribution in [0.3, 0.4) is 0 Å². The number of halogens is 1. The maximum Gasteiger partial charge on any atom is 0.241 e. The van der Waals surface area contributed by atoms with Gasteiger partial charge in [0.1, 0.15) is 11.8 Å². The Labute approximate surface area is 157 Å². The van der Waals surface area contributed by atoms with Crippen molar-refractivity contribution in [2.45, 2.75) is 37.9 Å². The standard InChI is InChI=1S/C20H23BrN2O2/c1-13(15-8-11-18(25-2)17(21)12-15)22-19(14-6-4-3-5-7-14)20(24)23-16-9-10-16/h3-8,11-13,16,19,22H,9-10H2,1-2H3,(H,23,24)/t13-,19+/m0/s1. The summed E-state index contributed by atoms with van der Waals surface area (Å²) in [5.74, 6) is 0.829. The van der Waals surface area contributed by atoms with E-state index in [0.29, 0.717) is 6.04 Å². The minimum atomic E-state index is -0.377. The van der Waals surface area contributed by atoms with Gasteiger partial charge in [-0.3, -0.25) is 10.1 Å². The fraction of sp³-hybridized carbons (Fsp3) is 0.350. The molecular formula is C20H23BrN2O2. The lowest BCUT2D eigenvalue weighted by atomic mass is 10.0. The molecular weight excluding hydrogens is 380 g/mol. The van der Waals surface area contributed by atoms with Crippen molar-refractivity contribution in [1.29, 1.82) is 0 Å². The van der Waals surface area contributed by atoms with Crippen molar-refractivity contribution >= 4 is 21.8 Å². The summed E-state index contributed by atoms with van der Waals surface area (Å²) in [5, 5.41) is 6.58.